The molecule has 0 spiro atoms. The quantitative estimate of drug-likeness (QED) is 0.422. The van der Waals surface area contributed by atoms with Crippen molar-refractivity contribution in [2.75, 3.05) is 0 Å². The Kier molecular flexibility index (Phi) is 6.13. The Morgan fingerprint density at radius 3 is 2.29 bits per heavy atom. The second-order valence-corrected chi connectivity index (χ2v) is 7.31. The van der Waals surface area contributed by atoms with E-state index in [1.54, 1.807) is 12.1 Å². The fourth-order valence-electron chi connectivity index (χ4n) is 3.22. The van der Waals surface area contributed by atoms with Crippen molar-refractivity contribution in [3.8, 4) is 17.2 Å². The van der Waals surface area contributed by atoms with Crippen LogP contribution in [0.5, 0.6) is 5.75 Å². The van der Waals surface area contributed by atoms with Gasteiger partial charge in [-0.1, -0.05) is 48.5 Å². The molecule has 5 heteroatoms. The lowest BCUT2D eigenvalue weighted by Crippen LogP contribution is -2.26. The van der Waals surface area contributed by atoms with Crippen LogP contribution < -0.4 is 10.1 Å². The Morgan fingerprint density at radius 2 is 1.61 bits per heavy atom. The van der Waals surface area contributed by atoms with E-state index in [2.05, 4.69) is 10.3 Å². The molecule has 5 nitrogen and oxygen atoms in total. The largest absolute Gasteiger partial charge is 0.487 e. The Bertz CT molecular complexity index is 1140. The van der Waals surface area contributed by atoms with Crippen LogP contribution >= 0.6 is 0 Å². The highest BCUT2D eigenvalue weighted by Gasteiger charge is 2.14. The maximum atomic E-state index is 12.6. The van der Waals surface area contributed by atoms with Gasteiger partial charge < -0.3 is 14.5 Å². The number of oxazole rings is 1. The van der Waals surface area contributed by atoms with E-state index >= 15 is 0 Å². The van der Waals surface area contributed by atoms with E-state index in [0.29, 0.717) is 23.8 Å². The molecule has 1 heterocycles. The van der Waals surface area contributed by atoms with Gasteiger partial charge in [-0.2, -0.15) is 0 Å². The monoisotopic (exact) mass is 412 g/mol. The van der Waals surface area contributed by atoms with Crippen LogP contribution in [0.15, 0.2) is 89.3 Å². The molecule has 1 atom stereocenters. The molecule has 0 saturated carbocycles. The Morgan fingerprint density at radius 1 is 0.968 bits per heavy atom. The number of nitrogens with zero attached hydrogens (tertiary/aromatic N) is 1. The third kappa shape index (κ3) is 5.01. The summed E-state index contributed by atoms with van der Waals surface area (Å²) in [7, 11) is 0. The van der Waals surface area contributed by atoms with Crippen LogP contribution in [-0.4, -0.2) is 10.9 Å². The molecule has 3 aromatic carbocycles. The summed E-state index contributed by atoms with van der Waals surface area (Å²) in [6.07, 6.45) is 0. The normalized spacial score (nSPS) is 11.7. The number of rotatable bonds is 7. The van der Waals surface area contributed by atoms with Gasteiger partial charge in [0, 0.05) is 11.1 Å². The maximum Gasteiger partial charge on any atom is 0.251 e. The molecule has 31 heavy (non-hydrogen) atoms. The molecule has 0 fully saturated rings. The first-order valence-electron chi connectivity index (χ1n) is 10.2. The fraction of sp³-hybridized carbons (Fsp3) is 0.154. The minimum atomic E-state index is -0.122. The lowest BCUT2D eigenvalue weighted by molar-refractivity contribution is 0.0940. The molecule has 0 aliphatic heterocycles. The molecule has 1 aromatic heterocycles. The highest BCUT2D eigenvalue weighted by Crippen LogP contribution is 2.23. The number of carbonyl (C=O) groups excluding carboxylic acids is 1. The van der Waals surface area contributed by atoms with Gasteiger partial charge in [0.05, 0.1) is 6.04 Å². The number of benzene rings is 3. The topological polar surface area (TPSA) is 64.4 Å². The summed E-state index contributed by atoms with van der Waals surface area (Å²) in [5, 5.41) is 3.02. The molecular weight excluding hydrogens is 388 g/mol. The number of aromatic nitrogens is 1. The van der Waals surface area contributed by atoms with Crippen molar-refractivity contribution in [3.05, 3.63) is 108 Å². The molecule has 4 rings (SSSR count). The van der Waals surface area contributed by atoms with E-state index in [1.165, 1.54) is 0 Å². The molecule has 0 bridgehead atoms. The molecular formula is C26H24N2O3. The predicted molar refractivity (Wildman–Crippen MR) is 120 cm³/mol. The molecule has 0 radical (unpaired) electrons. The van der Waals surface area contributed by atoms with E-state index < -0.39 is 0 Å². The Balaban J connectivity index is 1.41. The molecule has 0 aliphatic rings. The zero-order valence-corrected chi connectivity index (χ0v) is 17.5. The lowest BCUT2D eigenvalue weighted by atomic mass is 10.1. The standard InChI is InChI=1S/C26H24N2O3/c1-18(20-9-5-3-6-10-20)27-25(29)21-13-15-22(16-14-21)26-28-24(19(2)31-26)17-30-23-11-7-4-8-12-23/h3-16,18H,17H2,1-2H3,(H,27,29)/t18-/m0/s1. The van der Waals surface area contributed by atoms with E-state index in [9.17, 15) is 4.79 Å². The average molecular weight is 412 g/mol. The summed E-state index contributed by atoms with van der Waals surface area (Å²) in [6, 6.07) is 26.6. The minimum absolute atomic E-state index is 0.0741. The van der Waals surface area contributed by atoms with Gasteiger partial charge in [-0.15, -0.1) is 0 Å². The minimum Gasteiger partial charge on any atom is -0.487 e. The summed E-state index contributed by atoms with van der Waals surface area (Å²) in [6.45, 7) is 4.17. The van der Waals surface area contributed by atoms with E-state index in [0.717, 1.165) is 22.6 Å². The van der Waals surface area contributed by atoms with Gasteiger partial charge in [-0.25, -0.2) is 4.98 Å². The third-order valence-corrected chi connectivity index (χ3v) is 5.05. The van der Waals surface area contributed by atoms with Crippen molar-refractivity contribution in [1.82, 2.24) is 10.3 Å². The van der Waals surface area contributed by atoms with Crippen molar-refractivity contribution >= 4 is 5.91 Å². The molecule has 1 amide bonds. The summed E-state index contributed by atoms with van der Waals surface area (Å²) >= 11 is 0. The van der Waals surface area contributed by atoms with Crippen molar-refractivity contribution in [1.29, 1.82) is 0 Å². The zero-order valence-electron chi connectivity index (χ0n) is 17.5. The first kappa shape index (κ1) is 20.4. The van der Waals surface area contributed by atoms with Crippen LogP contribution in [0.4, 0.5) is 0 Å². The molecule has 0 unspecified atom stereocenters. The maximum absolute atomic E-state index is 12.6. The van der Waals surface area contributed by atoms with Gasteiger partial charge in [0.25, 0.3) is 5.91 Å². The molecule has 156 valence electrons. The summed E-state index contributed by atoms with van der Waals surface area (Å²) in [5.41, 5.74) is 3.20. The third-order valence-electron chi connectivity index (χ3n) is 5.05. The Hall–Kier alpha value is -3.86. The second-order valence-electron chi connectivity index (χ2n) is 7.31. The van der Waals surface area contributed by atoms with Gasteiger partial charge in [0.1, 0.15) is 23.8 Å². The number of amides is 1. The van der Waals surface area contributed by atoms with Crippen LogP contribution in [0, 0.1) is 6.92 Å². The van der Waals surface area contributed by atoms with Gasteiger partial charge in [-0.3, -0.25) is 4.79 Å². The smallest absolute Gasteiger partial charge is 0.251 e. The van der Waals surface area contributed by atoms with Crippen LogP contribution in [-0.2, 0) is 6.61 Å². The Labute approximate surface area is 181 Å². The van der Waals surface area contributed by atoms with Crippen LogP contribution in [0.1, 0.15) is 40.3 Å². The average Bonchev–Trinajstić information content (AvgIpc) is 3.19. The van der Waals surface area contributed by atoms with Gasteiger partial charge in [0.15, 0.2) is 0 Å². The molecule has 0 saturated heterocycles. The first-order valence-corrected chi connectivity index (χ1v) is 10.2. The number of aryl methyl sites for hydroxylation is 1. The van der Waals surface area contributed by atoms with Gasteiger partial charge >= 0.3 is 0 Å². The van der Waals surface area contributed by atoms with Crippen LogP contribution in [0.3, 0.4) is 0 Å². The van der Waals surface area contributed by atoms with Gasteiger partial charge in [-0.05, 0) is 55.8 Å². The van der Waals surface area contributed by atoms with E-state index in [1.807, 2.05) is 86.6 Å². The number of hydrogen-bond acceptors (Lipinski definition) is 4. The number of nitrogens with one attached hydrogen (secondary N) is 1. The lowest BCUT2D eigenvalue weighted by Gasteiger charge is -2.14. The van der Waals surface area contributed by atoms with E-state index in [4.69, 9.17) is 9.15 Å². The van der Waals surface area contributed by atoms with Crippen molar-refractivity contribution in [3.63, 3.8) is 0 Å². The number of para-hydroxylation sites is 1. The first-order chi connectivity index (χ1) is 15.1. The van der Waals surface area contributed by atoms with Crippen LogP contribution in [0.25, 0.3) is 11.5 Å². The summed E-state index contributed by atoms with van der Waals surface area (Å²) in [4.78, 5) is 17.2. The summed E-state index contributed by atoms with van der Waals surface area (Å²) in [5.74, 6) is 1.88. The number of carbonyl (C=O) groups is 1. The van der Waals surface area contributed by atoms with Crippen molar-refractivity contribution < 1.29 is 13.9 Å². The number of ether oxygens (including phenoxy) is 1. The van der Waals surface area contributed by atoms with Crippen molar-refractivity contribution in [2.24, 2.45) is 0 Å². The zero-order chi connectivity index (χ0) is 21.6. The van der Waals surface area contributed by atoms with E-state index in [-0.39, 0.29) is 11.9 Å². The highest BCUT2D eigenvalue weighted by molar-refractivity contribution is 5.94. The number of hydrogen-bond donors (Lipinski definition) is 1. The van der Waals surface area contributed by atoms with Gasteiger partial charge in [0.2, 0.25) is 5.89 Å². The highest BCUT2D eigenvalue weighted by atomic mass is 16.5. The SMILES string of the molecule is Cc1oc(-c2ccc(C(=O)N[C@@H](C)c3ccccc3)cc2)nc1COc1ccccc1. The van der Waals surface area contributed by atoms with Crippen molar-refractivity contribution in [2.45, 2.75) is 26.5 Å². The molecule has 1 N–H and O–H groups in total. The fourth-order valence-corrected chi connectivity index (χ4v) is 3.22. The molecule has 0 aliphatic carbocycles. The summed E-state index contributed by atoms with van der Waals surface area (Å²) < 4.78 is 11.6. The molecule has 4 aromatic rings. The van der Waals surface area contributed by atoms with Crippen LogP contribution in [0.2, 0.25) is 0 Å². The predicted octanol–water partition coefficient (Wildman–Crippen LogP) is 5.72. The second kappa shape index (κ2) is 9.30.